The molecule has 0 spiro atoms. The Balaban J connectivity index is 1.67. The molecule has 1 aromatic heterocycles. The molecule has 3 rings (SSSR count). The Labute approximate surface area is 118 Å². The van der Waals surface area contributed by atoms with Crippen LogP contribution in [0.5, 0.6) is 0 Å². The van der Waals surface area contributed by atoms with Crippen LogP contribution in [0.2, 0.25) is 0 Å². The minimum Gasteiger partial charge on any atom is -0.338 e. The van der Waals surface area contributed by atoms with E-state index in [4.69, 9.17) is 10.3 Å². The second-order valence-corrected chi connectivity index (χ2v) is 5.27. The van der Waals surface area contributed by atoms with E-state index < -0.39 is 0 Å². The normalized spacial score (nSPS) is 16.9. The summed E-state index contributed by atoms with van der Waals surface area (Å²) < 4.78 is 5.03. The summed E-state index contributed by atoms with van der Waals surface area (Å²) in [5.41, 5.74) is 6.81. The summed E-state index contributed by atoms with van der Waals surface area (Å²) in [7, 11) is 0. The molecule has 5 nitrogen and oxygen atoms in total. The molecule has 0 amide bonds. The molecule has 5 heteroatoms. The van der Waals surface area contributed by atoms with Gasteiger partial charge in [0.1, 0.15) is 0 Å². The summed E-state index contributed by atoms with van der Waals surface area (Å²) in [6.45, 7) is 0.900. The quantitative estimate of drug-likeness (QED) is 0.842. The summed E-state index contributed by atoms with van der Waals surface area (Å²) in [6, 6.07) is 10.9. The molecule has 1 saturated carbocycles. The zero-order valence-electron chi connectivity index (χ0n) is 11.5. The molecule has 1 aromatic carbocycles. The van der Waals surface area contributed by atoms with E-state index in [-0.39, 0.29) is 6.54 Å². The van der Waals surface area contributed by atoms with Gasteiger partial charge in [0.15, 0.2) is 5.82 Å². The maximum Gasteiger partial charge on any atom is 0.240 e. The van der Waals surface area contributed by atoms with E-state index in [1.165, 1.54) is 24.8 Å². The molecule has 106 valence electrons. The molecule has 2 aromatic rings. The average molecular weight is 272 g/mol. The Bertz CT molecular complexity index is 536. The lowest BCUT2D eigenvalue weighted by Crippen LogP contribution is -2.32. The van der Waals surface area contributed by atoms with Crippen molar-refractivity contribution in [2.24, 2.45) is 11.7 Å². The number of hydrogen-bond donors (Lipinski definition) is 2. The third kappa shape index (κ3) is 2.89. The molecule has 3 N–H and O–H groups in total. The van der Waals surface area contributed by atoms with Crippen molar-refractivity contribution in [3.05, 3.63) is 47.6 Å². The molecular formula is C15H20N4O. The Hall–Kier alpha value is -1.72. The van der Waals surface area contributed by atoms with Gasteiger partial charge >= 0.3 is 0 Å². The molecule has 0 aliphatic heterocycles. The SMILES string of the molecule is NCc1nc(CNC(c2ccccc2)C2CCC2)no1. The number of nitrogens with one attached hydrogen (secondary N) is 1. The van der Waals surface area contributed by atoms with E-state index in [0.29, 0.717) is 30.2 Å². The Morgan fingerprint density at radius 3 is 2.70 bits per heavy atom. The Morgan fingerprint density at radius 2 is 2.10 bits per heavy atom. The topological polar surface area (TPSA) is 77.0 Å². The van der Waals surface area contributed by atoms with E-state index in [0.717, 1.165) is 0 Å². The smallest absolute Gasteiger partial charge is 0.240 e. The first-order valence-electron chi connectivity index (χ1n) is 7.16. The van der Waals surface area contributed by atoms with Gasteiger partial charge in [0.2, 0.25) is 5.89 Å². The van der Waals surface area contributed by atoms with Crippen molar-refractivity contribution in [3.63, 3.8) is 0 Å². The molecule has 1 atom stereocenters. The van der Waals surface area contributed by atoms with Crippen molar-refractivity contribution >= 4 is 0 Å². The summed E-state index contributed by atoms with van der Waals surface area (Å²) >= 11 is 0. The van der Waals surface area contributed by atoms with Crippen molar-refractivity contribution in [2.45, 2.75) is 38.4 Å². The minimum absolute atomic E-state index is 0.289. The lowest BCUT2D eigenvalue weighted by Gasteiger charge is -2.34. The first-order valence-corrected chi connectivity index (χ1v) is 7.16. The lowest BCUT2D eigenvalue weighted by atomic mass is 9.77. The highest BCUT2D eigenvalue weighted by molar-refractivity contribution is 5.20. The largest absolute Gasteiger partial charge is 0.338 e. The standard InChI is InChI=1S/C15H20N4O/c16-9-14-18-13(19-20-14)10-17-15(12-7-4-8-12)11-5-2-1-3-6-11/h1-3,5-6,12,15,17H,4,7-10,16H2. The second kappa shape index (κ2) is 6.15. The number of nitrogens with two attached hydrogens (primary N) is 1. The van der Waals surface area contributed by atoms with Crippen LogP contribution in [0, 0.1) is 5.92 Å². The van der Waals surface area contributed by atoms with E-state index in [1.807, 2.05) is 6.07 Å². The Morgan fingerprint density at radius 1 is 1.30 bits per heavy atom. The zero-order valence-corrected chi connectivity index (χ0v) is 11.5. The van der Waals surface area contributed by atoms with E-state index >= 15 is 0 Å². The van der Waals surface area contributed by atoms with Gasteiger partial charge in [-0.2, -0.15) is 4.98 Å². The number of nitrogens with zero attached hydrogens (tertiary/aromatic N) is 2. The molecule has 1 heterocycles. The fourth-order valence-electron chi connectivity index (χ4n) is 2.64. The fraction of sp³-hybridized carbons (Fsp3) is 0.467. The minimum atomic E-state index is 0.289. The highest BCUT2D eigenvalue weighted by atomic mass is 16.5. The van der Waals surface area contributed by atoms with Gasteiger partial charge in [0, 0.05) is 6.04 Å². The van der Waals surface area contributed by atoms with Crippen LogP contribution in [0.15, 0.2) is 34.9 Å². The number of benzene rings is 1. The van der Waals surface area contributed by atoms with Crippen molar-refractivity contribution in [3.8, 4) is 0 Å². The van der Waals surface area contributed by atoms with Crippen molar-refractivity contribution < 1.29 is 4.52 Å². The molecule has 0 bridgehead atoms. The Kier molecular flexibility index (Phi) is 4.08. The predicted octanol–water partition coefficient (Wildman–Crippen LogP) is 2.16. The number of rotatable bonds is 6. The van der Waals surface area contributed by atoms with E-state index in [9.17, 15) is 0 Å². The molecular weight excluding hydrogens is 252 g/mol. The summed E-state index contributed by atoms with van der Waals surface area (Å²) in [5, 5.41) is 7.49. The molecule has 1 fully saturated rings. The second-order valence-electron chi connectivity index (χ2n) is 5.27. The zero-order chi connectivity index (χ0) is 13.8. The van der Waals surface area contributed by atoms with Crippen LogP contribution in [0.4, 0.5) is 0 Å². The number of hydrogen-bond acceptors (Lipinski definition) is 5. The van der Waals surface area contributed by atoms with Crippen LogP contribution in [0.25, 0.3) is 0 Å². The van der Waals surface area contributed by atoms with Crippen LogP contribution in [-0.2, 0) is 13.1 Å². The summed E-state index contributed by atoms with van der Waals surface area (Å²) in [6.07, 6.45) is 3.90. The molecule has 0 radical (unpaired) electrons. The molecule has 0 saturated heterocycles. The van der Waals surface area contributed by atoms with Crippen molar-refractivity contribution in [2.75, 3.05) is 0 Å². The maximum atomic E-state index is 5.47. The predicted molar refractivity (Wildman–Crippen MR) is 75.6 cm³/mol. The monoisotopic (exact) mass is 272 g/mol. The van der Waals surface area contributed by atoms with Crippen molar-refractivity contribution in [1.29, 1.82) is 0 Å². The van der Waals surface area contributed by atoms with Gasteiger partial charge in [-0.1, -0.05) is 41.9 Å². The highest BCUT2D eigenvalue weighted by Gasteiger charge is 2.28. The first-order chi connectivity index (χ1) is 9.86. The third-order valence-electron chi connectivity index (χ3n) is 3.94. The van der Waals surface area contributed by atoms with Gasteiger partial charge in [-0.3, -0.25) is 0 Å². The van der Waals surface area contributed by atoms with Gasteiger partial charge in [-0.15, -0.1) is 0 Å². The van der Waals surface area contributed by atoms with Crippen molar-refractivity contribution in [1.82, 2.24) is 15.5 Å². The maximum absolute atomic E-state index is 5.47. The van der Waals surface area contributed by atoms with Gasteiger partial charge in [0.25, 0.3) is 0 Å². The molecule has 1 aliphatic rings. The summed E-state index contributed by atoms with van der Waals surface area (Å²) in [5.74, 6) is 1.87. The molecule has 1 aliphatic carbocycles. The third-order valence-corrected chi connectivity index (χ3v) is 3.94. The van der Waals surface area contributed by atoms with Gasteiger partial charge in [-0.25, -0.2) is 0 Å². The van der Waals surface area contributed by atoms with Crippen LogP contribution in [-0.4, -0.2) is 10.1 Å². The van der Waals surface area contributed by atoms with Crippen LogP contribution in [0.3, 0.4) is 0 Å². The molecule has 1 unspecified atom stereocenters. The van der Waals surface area contributed by atoms with Gasteiger partial charge in [-0.05, 0) is 24.3 Å². The fourth-order valence-corrected chi connectivity index (χ4v) is 2.64. The lowest BCUT2D eigenvalue weighted by molar-refractivity contribution is 0.228. The van der Waals surface area contributed by atoms with Crippen LogP contribution >= 0.6 is 0 Å². The van der Waals surface area contributed by atoms with Crippen LogP contribution < -0.4 is 11.1 Å². The molecule has 20 heavy (non-hydrogen) atoms. The number of aromatic nitrogens is 2. The highest BCUT2D eigenvalue weighted by Crippen LogP contribution is 2.37. The van der Waals surface area contributed by atoms with E-state index in [2.05, 4.69) is 39.7 Å². The van der Waals surface area contributed by atoms with Crippen LogP contribution in [0.1, 0.15) is 42.6 Å². The van der Waals surface area contributed by atoms with E-state index in [1.54, 1.807) is 0 Å². The van der Waals surface area contributed by atoms with Gasteiger partial charge < -0.3 is 15.6 Å². The summed E-state index contributed by atoms with van der Waals surface area (Å²) in [4.78, 5) is 4.23. The average Bonchev–Trinajstić information content (AvgIpc) is 2.90. The van der Waals surface area contributed by atoms with Gasteiger partial charge in [0.05, 0.1) is 13.1 Å². The first kappa shape index (κ1) is 13.3.